The van der Waals surface area contributed by atoms with E-state index in [-0.39, 0.29) is 14.9 Å². The topological polar surface area (TPSA) is 152 Å². The molecule has 0 spiro atoms. The van der Waals surface area contributed by atoms with E-state index in [2.05, 4.69) is 0 Å². The van der Waals surface area contributed by atoms with Crippen molar-refractivity contribution in [2.75, 3.05) is 0 Å². The standard InChI is InChI=1S/C7H6ClNO5S.C6H5ClO3S/c1-4-2-6(9(10)11)7(3-5(4)8)15(12,13)14;7-5-2-1-3-6(4-5)11(8,9)10/h2-3H,1H3,(H,12,13,14);1-4H,(H,8,9,10). The van der Waals surface area contributed by atoms with Crippen molar-refractivity contribution in [3.8, 4) is 0 Å². The Kier molecular flexibility index (Phi) is 7.10. The van der Waals surface area contributed by atoms with E-state index in [1.165, 1.54) is 31.2 Å². The van der Waals surface area contributed by atoms with E-state index in [9.17, 15) is 26.9 Å². The van der Waals surface area contributed by atoms with Gasteiger partial charge in [-0.15, -0.1) is 0 Å². The molecule has 13 heteroatoms. The number of nitrogens with zero attached hydrogens (tertiary/aromatic N) is 1. The summed E-state index contributed by atoms with van der Waals surface area (Å²) in [6.45, 7) is 1.49. The van der Waals surface area contributed by atoms with Crippen LogP contribution in [-0.2, 0) is 20.2 Å². The zero-order valence-corrected chi connectivity index (χ0v) is 16.0. The lowest BCUT2D eigenvalue weighted by Gasteiger charge is -2.02. The number of nitro groups is 1. The zero-order valence-electron chi connectivity index (χ0n) is 12.8. The molecule has 0 aromatic heterocycles. The first-order chi connectivity index (χ1) is 11.7. The van der Waals surface area contributed by atoms with Crippen LogP contribution in [0.4, 0.5) is 5.69 Å². The van der Waals surface area contributed by atoms with Crippen LogP contribution in [-0.4, -0.2) is 30.9 Å². The Morgan fingerprint density at radius 2 is 1.58 bits per heavy atom. The van der Waals surface area contributed by atoms with E-state index in [1.54, 1.807) is 0 Å². The zero-order chi connectivity index (χ0) is 20.3. The van der Waals surface area contributed by atoms with Crippen molar-refractivity contribution >= 4 is 49.1 Å². The Hall–Kier alpha value is -1.76. The minimum atomic E-state index is -4.64. The summed E-state index contributed by atoms with van der Waals surface area (Å²) in [5.41, 5.74) is -0.338. The Balaban J connectivity index is 0.000000273. The lowest BCUT2D eigenvalue weighted by atomic mass is 10.2. The SMILES string of the molecule is Cc1cc([N+](=O)[O-])c(S(=O)(=O)O)cc1Cl.O=S(=O)(O)c1cccc(Cl)c1. The summed E-state index contributed by atoms with van der Waals surface area (Å²) in [5.74, 6) is 0. The van der Waals surface area contributed by atoms with Crippen LogP contribution in [0.5, 0.6) is 0 Å². The summed E-state index contributed by atoms with van der Waals surface area (Å²) >= 11 is 11.1. The van der Waals surface area contributed by atoms with E-state index >= 15 is 0 Å². The second-order valence-corrected chi connectivity index (χ2v) is 8.39. The predicted octanol–water partition coefficient (Wildman–Crippen LogP) is 3.39. The number of benzene rings is 2. The van der Waals surface area contributed by atoms with Gasteiger partial charge in [-0.3, -0.25) is 19.2 Å². The fourth-order valence-electron chi connectivity index (χ4n) is 1.62. The van der Waals surface area contributed by atoms with Crippen molar-refractivity contribution in [2.24, 2.45) is 0 Å². The molecule has 0 aliphatic carbocycles. The number of rotatable bonds is 3. The monoisotopic (exact) mass is 443 g/mol. The molecule has 0 saturated carbocycles. The number of halogens is 2. The molecule has 2 aromatic carbocycles. The molecule has 2 N–H and O–H groups in total. The molecule has 0 aliphatic heterocycles. The molecule has 26 heavy (non-hydrogen) atoms. The lowest BCUT2D eigenvalue weighted by Crippen LogP contribution is -2.03. The highest BCUT2D eigenvalue weighted by Gasteiger charge is 2.25. The molecular formula is C13H11Cl2NO8S2. The van der Waals surface area contributed by atoms with Gasteiger partial charge >= 0.3 is 10.1 Å². The predicted molar refractivity (Wildman–Crippen MR) is 93.9 cm³/mol. The molecule has 0 fully saturated rings. The average Bonchev–Trinajstić information content (AvgIpc) is 2.48. The van der Waals surface area contributed by atoms with Crippen LogP contribution in [0.2, 0.25) is 10.0 Å². The van der Waals surface area contributed by atoms with E-state index in [4.69, 9.17) is 32.3 Å². The molecule has 0 unspecified atom stereocenters. The maximum absolute atomic E-state index is 10.8. The molecule has 0 aliphatic rings. The normalized spacial score (nSPS) is 11.4. The van der Waals surface area contributed by atoms with Crippen LogP contribution >= 0.6 is 23.2 Å². The second-order valence-electron chi connectivity index (χ2n) is 4.73. The van der Waals surface area contributed by atoms with Crippen LogP contribution < -0.4 is 0 Å². The average molecular weight is 444 g/mol. The minimum Gasteiger partial charge on any atom is -0.282 e. The molecule has 142 valence electrons. The molecule has 0 bridgehead atoms. The van der Waals surface area contributed by atoms with Crippen molar-refractivity contribution in [1.29, 1.82) is 0 Å². The summed E-state index contributed by atoms with van der Waals surface area (Å²) < 4.78 is 59.9. The van der Waals surface area contributed by atoms with Gasteiger partial charge in [0.15, 0.2) is 4.90 Å². The van der Waals surface area contributed by atoms with E-state index < -0.39 is 35.7 Å². The Morgan fingerprint density at radius 1 is 1.00 bits per heavy atom. The largest absolute Gasteiger partial charge is 0.301 e. The third-order valence-corrected chi connectivity index (χ3v) is 5.18. The third-order valence-electron chi connectivity index (χ3n) is 2.81. The maximum Gasteiger partial charge on any atom is 0.301 e. The molecule has 9 nitrogen and oxygen atoms in total. The third kappa shape index (κ3) is 6.20. The van der Waals surface area contributed by atoms with E-state index in [1.807, 2.05) is 0 Å². The van der Waals surface area contributed by atoms with E-state index in [0.717, 1.165) is 12.1 Å². The van der Waals surface area contributed by atoms with Crippen molar-refractivity contribution in [3.63, 3.8) is 0 Å². The van der Waals surface area contributed by atoms with Gasteiger partial charge in [0, 0.05) is 16.1 Å². The highest BCUT2D eigenvalue weighted by Crippen LogP contribution is 2.29. The van der Waals surface area contributed by atoms with Crippen molar-refractivity contribution < 1.29 is 30.9 Å². The Labute approximate surface area is 158 Å². The molecule has 0 atom stereocenters. The van der Waals surface area contributed by atoms with Gasteiger partial charge in [-0.25, -0.2) is 0 Å². The highest BCUT2D eigenvalue weighted by atomic mass is 35.5. The van der Waals surface area contributed by atoms with Crippen LogP contribution in [0, 0.1) is 17.0 Å². The quantitative estimate of drug-likeness (QED) is 0.415. The van der Waals surface area contributed by atoms with Crippen molar-refractivity contribution in [3.05, 3.63) is 62.1 Å². The molecule has 2 aromatic rings. The van der Waals surface area contributed by atoms with Gasteiger partial charge in [-0.05, 0) is 36.8 Å². The summed E-state index contributed by atoms with van der Waals surface area (Å²) in [6, 6.07) is 7.26. The first-order valence-corrected chi connectivity index (χ1v) is 10.0. The number of nitro benzene ring substituents is 1. The lowest BCUT2D eigenvalue weighted by molar-refractivity contribution is -0.387. The molecule has 2 rings (SSSR count). The number of hydrogen-bond donors (Lipinski definition) is 2. The molecule has 0 saturated heterocycles. The summed E-state index contributed by atoms with van der Waals surface area (Å²) in [7, 11) is -8.75. The van der Waals surface area contributed by atoms with Crippen molar-refractivity contribution in [1.82, 2.24) is 0 Å². The summed E-state index contributed by atoms with van der Waals surface area (Å²) in [5, 5.41) is 10.8. The van der Waals surface area contributed by atoms with Gasteiger partial charge < -0.3 is 0 Å². The maximum atomic E-state index is 10.8. The van der Waals surface area contributed by atoms with Crippen LogP contribution in [0.25, 0.3) is 0 Å². The summed E-state index contributed by atoms with van der Waals surface area (Å²) in [6.07, 6.45) is 0. The minimum absolute atomic E-state index is 0.0354. The van der Waals surface area contributed by atoms with Crippen LogP contribution in [0.1, 0.15) is 5.56 Å². The fraction of sp³-hybridized carbons (Fsp3) is 0.0769. The second kappa shape index (κ2) is 8.29. The van der Waals surface area contributed by atoms with Gasteiger partial charge in [-0.1, -0.05) is 29.3 Å². The highest BCUT2D eigenvalue weighted by molar-refractivity contribution is 7.86. The molecule has 0 heterocycles. The van der Waals surface area contributed by atoms with Gasteiger partial charge in [0.1, 0.15) is 0 Å². The molecule has 0 amide bonds. The molecular weight excluding hydrogens is 433 g/mol. The van der Waals surface area contributed by atoms with Gasteiger partial charge in [0.05, 0.1) is 9.82 Å². The molecule has 0 radical (unpaired) electrons. The fourth-order valence-corrected chi connectivity index (χ4v) is 3.30. The Bertz CT molecular complexity index is 1050. The Morgan fingerprint density at radius 3 is 1.96 bits per heavy atom. The van der Waals surface area contributed by atoms with Gasteiger partial charge in [0.2, 0.25) is 0 Å². The number of hydrogen-bond acceptors (Lipinski definition) is 6. The first-order valence-electron chi connectivity index (χ1n) is 6.38. The van der Waals surface area contributed by atoms with Gasteiger partial charge in [-0.2, -0.15) is 16.8 Å². The number of aryl methyl sites for hydroxylation is 1. The first kappa shape index (κ1) is 22.3. The van der Waals surface area contributed by atoms with Crippen LogP contribution in [0.3, 0.4) is 0 Å². The smallest absolute Gasteiger partial charge is 0.282 e. The van der Waals surface area contributed by atoms with Gasteiger partial charge in [0.25, 0.3) is 15.8 Å². The van der Waals surface area contributed by atoms with Crippen LogP contribution in [0.15, 0.2) is 46.2 Å². The van der Waals surface area contributed by atoms with Crippen molar-refractivity contribution in [2.45, 2.75) is 16.7 Å². The summed E-state index contributed by atoms with van der Waals surface area (Å²) in [4.78, 5) is 8.63. The van der Waals surface area contributed by atoms with E-state index in [0.29, 0.717) is 5.56 Å².